The van der Waals surface area contributed by atoms with Crippen molar-refractivity contribution in [1.29, 1.82) is 0 Å². The summed E-state index contributed by atoms with van der Waals surface area (Å²) in [5.74, 6) is 1.51. The van der Waals surface area contributed by atoms with Crippen molar-refractivity contribution in [2.75, 3.05) is 0 Å². The van der Waals surface area contributed by atoms with Crippen molar-refractivity contribution in [3.63, 3.8) is 0 Å². The van der Waals surface area contributed by atoms with Crippen LogP contribution in [0.2, 0.25) is 0 Å². The lowest BCUT2D eigenvalue weighted by atomic mass is 10.1. The predicted molar refractivity (Wildman–Crippen MR) is 448 cm³/mol. The van der Waals surface area contributed by atoms with Crippen molar-refractivity contribution in [3.05, 3.63) is 425 Å². The highest BCUT2D eigenvalue weighted by molar-refractivity contribution is 8.34. The topological polar surface area (TPSA) is 53.5 Å². The molecule has 4 heterocycles. The molecule has 0 saturated carbocycles. The number of aromatic nitrogens is 6. The third-order valence-corrected chi connectivity index (χ3v) is 32.9. The highest BCUT2D eigenvalue weighted by Gasteiger charge is 2.38. The fourth-order valence-corrected chi connectivity index (χ4v) is 28.4. The second-order valence-electron chi connectivity index (χ2n) is 27.0. The molecule has 20 rings (SSSR count). The number of hydrogen-bond acceptors (Lipinski definition) is 3. The van der Waals surface area contributed by atoms with E-state index in [0.717, 1.165) is 81.6 Å². The number of fused-ring (bicyclic) bond motifs is 10. The number of nitrogens with zero attached hydrogens (tertiary/aromatic N) is 6. The van der Waals surface area contributed by atoms with Crippen LogP contribution in [0, 0.1) is 0 Å². The summed E-state index contributed by atoms with van der Waals surface area (Å²) >= 11 is 0. The van der Waals surface area contributed by atoms with E-state index in [1.807, 2.05) is 0 Å². The minimum atomic E-state index is -2.22. The Balaban J connectivity index is 0.933. The summed E-state index contributed by atoms with van der Waals surface area (Å²) in [5, 5.41) is 6.55. The quantitative estimate of drug-likeness (QED) is 0.0969. The van der Waals surface area contributed by atoms with Gasteiger partial charge in [0.05, 0.1) is 33.1 Å². The number of benzene rings is 16. The van der Waals surface area contributed by atoms with Gasteiger partial charge in [-0.05, 0) is 182 Å². The summed E-state index contributed by atoms with van der Waals surface area (Å²) in [6, 6.07) is 157. The third-order valence-electron chi connectivity index (χ3n) is 21.2. The van der Waals surface area contributed by atoms with E-state index >= 15 is 0 Å². The molecule has 0 radical (unpaired) electrons. The predicted octanol–water partition coefficient (Wildman–Crippen LogP) is 26.9. The summed E-state index contributed by atoms with van der Waals surface area (Å²) in [6.45, 7) is 0. The van der Waals surface area contributed by atoms with Crippen molar-refractivity contribution >= 4 is 95.5 Å². The lowest BCUT2D eigenvalue weighted by molar-refractivity contribution is 0.893. The van der Waals surface area contributed by atoms with E-state index in [4.69, 9.17) is 15.0 Å². The van der Waals surface area contributed by atoms with Gasteiger partial charge in [0, 0.05) is 102 Å². The maximum absolute atomic E-state index is 6.10. The molecule has 0 N–H and O–H groups in total. The molecule has 4 aromatic heterocycles. The van der Waals surface area contributed by atoms with Crippen molar-refractivity contribution in [2.24, 2.45) is 0 Å². The minimum Gasteiger partial charge on any atom is -0.309 e. The Labute approximate surface area is 631 Å². The van der Waals surface area contributed by atoms with E-state index in [0.29, 0.717) is 17.7 Å². The van der Waals surface area contributed by atoms with Gasteiger partial charge in [-0.15, -0.1) is 30.1 Å². The van der Waals surface area contributed by atoms with E-state index in [9.17, 15) is 0 Å². The molecule has 0 unspecified atom stereocenters. The minimum absolute atomic E-state index is 0.484. The van der Waals surface area contributed by atoms with Gasteiger partial charge in [0.1, 0.15) is 0 Å². The molecule has 0 fully saturated rings. The maximum atomic E-state index is 6.10. The summed E-state index contributed by atoms with van der Waals surface area (Å²) in [4.78, 5) is 32.8. The van der Waals surface area contributed by atoms with Gasteiger partial charge in [-0.25, -0.2) is 0 Å². The zero-order chi connectivity index (χ0) is 71.6. The Morgan fingerprint density at radius 2 is 0.509 bits per heavy atom. The molecule has 0 amide bonds. The molecule has 0 aliphatic carbocycles. The third kappa shape index (κ3) is 10.2. The van der Waals surface area contributed by atoms with Crippen LogP contribution in [0.5, 0.6) is 0 Å². The maximum Gasteiger partial charge on any atom is 0.240 e. The molecule has 0 atom stereocenters. The van der Waals surface area contributed by atoms with Crippen LogP contribution < -0.4 is 0 Å². The summed E-state index contributed by atoms with van der Waals surface area (Å²) in [6.07, 6.45) is 0. The fourth-order valence-electron chi connectivity index (χ4n) is 16.7. The molecule has 16 aromatic carbocycles. The molecule has 0 aliphatic rings. The average Bonchev–Trinajstić information content (AvgIpc) is 1.49. The van der Waals surface area contributed by atoms with Crippen molar-refractivity contribution in [3.8, 4) is 29.0 Å². The molecule has 108 heavy (non-hydrogen) atoms. The smallest absolute Gasteiger partial charge is 0.240 e. The van der Waals surface area contributed by atoms with E-state index in [1.165, 1.54) is 53.9 Å². The zero-order valence-electron chi connectivity index (χ0n) is 58.8. The standard InChI is InChI=1S/C99H70N6S3/c1-11-37-72(38-12-1)103-91-61-34-32-59-88(91)95-93(103)67-65-87-86-64-62-84(108(79-51-25-8-26-52-79,80-53-27-9-28-54-80)81-55-29-10-30-56-81)70-94(86)105(96(87)95)99-101-97(71-36-35-57-82(68-71)106(73-39-13-2-14-40-73,74-41-15-3-16-42-74)75-43-17-4-18-44-75)100-98(102-99)104-90-60-33-31-58-85(90)89-69-83(63-66-92(89)104)107(76-45-19-5-20-46-76,77-47-21-6-22-48-77)78-49-23-7-24-50-78/h1-70H. The summed E-state index contributed by atoms with van der Waals surface area (Å²) < 4.78 is 7.12. The molecule has 0 aliphatic heterocycles. The Bertz CT molecular complexity index is 6410. The normalized spacial score (nSPS) is 12.5. The molecule has 20 aromatic rings. The fraction of sp³-hybridized carbons (Fsp3) is 0. The molecule has 0 bridgehead atoms. The molecule has 9 heteroatoms. The van der Waals surface area contributed by atoms with E-state index in [-0.39, 0.29) is 0 Å². The largest absolute Gasteiger partial charge is 0.309 e. The van der Waals surface area contributed by atoms with Gasteiger partial charge in [-0.3, -0.25) is 9.13 Å². The van der Waals surface area contributed by atoms with Gasteiger partial charge < -0.3 is 4.57 Å². The van der Waals surface area contributed by atoms with Crippen LogP contribution in [0.4, 0.5) is 0 Å². The lowest BCUT2D eigenvalue weighted by Crippen LogP contribution is -2.11. The molecule has 0 spiro atoms. The lowest BCUT2D eigenvalue weighted by Gasteiger charge is -2.42. The summed E-state index contributed by atoms with van der Waals surface area (Å²) in [7, 11) is -6.48. The monoisotopic (exact) mass is 1440 g/mol. The van der Waals surface area contributed by atoms with Crippen LogP contribution in [0.15, 0.2) is 483 Å². The van der Waals surface area contributed by atoms with Crippen molar-refractivity contribution in [2.45, 2.75) is 58.7 Å². The second kappa shape index (κ2) is 26.8. The first kappa shape index (κ1) is 64.6. The summed E-state index contributed by atoms with van der Waals surface area (Å²) in [5.41, 5.74) is 8.01. The highest BCUT2D eigenvalue weighted by Crippen LogP contribution is 2.76. The van der Waals surface area contributed by atoms with Gasteiger partial charge in [0.25, 0.3) is 0 Å². The van der Waals surface area contributed by atoms with E-state index in [1.54, 1.807) is 0 Å². The van der Waals surface area contributed by atoms with Gasteiger partial charge in [0.15, 0.2) is 5.82 Å². The molecule has 6 nitrogen and oxygen atoms in total. The Morgan fingerprint density at radius 3 is 0.963 bits per heavy atom. The average molecular weight is 1440 g/mol. The van der Waals surface area contributed by atoms with Gasteiger partial charge in [-0.2, -0.15) is 15.0 Å². The first-order valence-corrected chi connectivity index (χ1v) is 41.4. The first-order chi connectivity index (χ1) is 53.6. The van der Waals surface area contributed by atoms with Crippen LogP contribution in [-0.4, -0.2) is 28.7 Å². The van der Waals surface area contributed by atoms with Crippen LogP contribution in [0.1, 0.15) is 0 Å². The van der Waals surface area contributed by atoms with Crippen LogP contribution in [0.3, 0.4) is 0 Å². The second-order valence-corrected chi connectivity index (χ2v) is 36.4. The van der Waals surface area contributed by atoms with Crippen LogP contribution in [0.25, 0.3) is 94.4 Å². The van der Waals surface area contributed by atoms with Gasteiger partial charge >= 0.3 is 0 Å². The first-order valence-electron chi connectivity index (χ1n) is 36.5. The zero-order valence-corrected chi connectivity index (χ0v) is 61.3. The Kier molecular flexibility index (Phi) is 16.0. The highest BCUT2D eigenvalue weighted by atomic mass is 32.3. The van der Waals surface area contributed by atoms with Gasteiger partial charge in [0.2, 0.25) is 11.9 Å². The van der Waals surface area contributed by atoms with E-state index in [2.05, 4.69) is 438 Å². The van der Waals surface area contributed by atoms with Crippen molar-refractivity contribution < 1.29 is 0 Å². The van der Waals surface area contributed by atoms with E-state index < -0.39 is 30.1 Å². The van der Waals surface area contributed by atoms with Gasteiger partial charge in [-0.1, -0.05) is 243 Å². The number of para-hydroxylation sites is 3. The number of hydrogen-bond donors (Lipinski definition) is 0. The van der Waals surface area contributed by atoms with Crippen LogP contribution in [-0.2, 0) is 0 Å². The molecule has 514 valence electrons. The SMILES string of the molecule is c1ccc(-n2c3ccccc3c3c2ccc2c4ccc(S(c5ccccc5)(c5ccccc5)c5ccccc5)cc4n(-c4nc(-c5cccc(S(c6ccccc6)(c6ccccc6)c6ccccc6)c5)nc(-n5c6ccccc6c6cc(S(c7ccccc7)(c7ccccc7)c7ccccc7)ccc65)n4)c23)cc1. The molecular formula is C99H70N6S3. The Morgan fingerprint density at radius 1 is 0.185 bits per heavy atom. The van der Waals surface area contributed by atoms with Crippen LogP contribution >= 0.6 is 30.1 Å². The van der Waals surface area contributed by atoms with Crippen molar-refractivity contribution in [1.82, 2.24) is 28.7 Å². The number of rotatable bonds is 16. The molecular weight excluding hydrogens is 1370 g/mol. The Hall–Kier alpha value is -13.0. The molecule has 0 saturated heterocycles.